The van der Waals surface area contributed by atoms with E-state index < -0.39 is 0 Å². The molecule has 0 spiro atoms. The molecule has 1 aliphatic rings. The highest BCUT2D eigenvalue weighted by Crippen LogP contribution is 2.09. The Balaban J connectivity index is 2.30. The Labute approximate surface area is 99.2 Å². The van der Waals surface area contributed by atoms with Crippen LogP contribution in [-0.2, 0) is 0 Å². The Morgan fingerprint density at radius 3 is 2.88 bits per heavy atom. The average Bonchev–Trinajstić information content (AvgIpc) is 2.66. The molecule has 0 amide bonds. The van der Waals surface area contributed by atoms with Crippen LogP contribution in [0.2, 0.25) is 0 Å². The molecule has 3 nitrogen and oxygen atoms in total. The van der Waals surface area contributed by atoms with Crippen LogP contribution in [0.3, 0.4) is 0 Å². The van der Waals surface area contributed by atoms with Gasteiger partial charge >= 0.3 is 0 Å². The predicted octanol–water partition coefficient (Wildman–Crippen LogP) is 2.09. The van der Waals surface area contributed by atoms with Crippen molar-refractivity contribution in [3.63, 3.8) is 0 Å². The van der Waals surface area contributed by atoms with Gasteiger partial charge in [-0.15, -0.1) is 0 Å². The van der Waals surface area contributed by atoms with Crippen molar-refractivity contribution in [2.24, 2.45) is 16.6 Å². The van der Waals surface area contributed by atoms with Crippen LogP contribution in [0, 0.1) is 5.92 Å². The third-order valence-electron chi connectivity index (χ3n) is 2.73. The number of hydrogen-bond donors (Lipinski definition) is 2. The predicted molar refractivity (Wildman–Crippen MR) is 70.7 cm³/mol. The fourth-order valence-electron chi connectivity index (χ4n) is 1.91. The zero-order chi connectivity index (χ0) is 12.0. The van der Waals surface area contributed by atoms with E-state index in [1.807, 2.05) is 0 Å². The quantitative estimate of drug-likeness (QED) is 0.677. The zero-order valence-corrected chi connectivity index (χ0v) is 10.7. The number of amidine groups is 1. The average molecular weight is 223 g/mol. The van der Waals surface area contributed by atoms with Crippen LogP contribution in [0.4, 0.5) is 0 Å². The summed E-state index contributed by atoms with van der Waals surface area (Å²) in [5.41, 5.74) is 6.09. The number of aliphatic imine (C=N–C) groups is 1. The first-order chi connectivity index (χ1) is 7.63. The van der Waals surface area contributed by atoms with Gasteiger partial charge in [-0.25, -0.2) is 0 Å². The third kappa shape index (κ3) is 4.35. The first kappa shape index (κ1) is 13.2. The highest BCUT2D eigenvalue weighted by atomic mass is 15.1. The molecule has 1 aliphatic heterocycles. The Morgan fingerprint density at radius 1 is 1.50 bits per heavy atom. The molecule has 2 atom stereocenters. The van der Waals surface area contributed by atoms with Crippen molar-refractivity contribution in [3.05, 3.63) is 12.2 Å². The maximum atomic E-state index is 6.09. The maximum absolute atomic E-state index is 6.09. The van der Waals surface area contributed by atoms with Gasteiger partial charge in [-0.3, -0.25) is 4.99 Å². The third-order valence-corrected chi connectivity index (χ3v) is 2.73. The van der Waals surface area contributed by atoms with E-state index in [-0.39, 0.29) is 6.04 Å². The van der Waals surface area contributed by atoms with E-state index in [4.69, 9.17) is 5.73 Å². The van der Waals surface area contributed by atoms with E-state index in [1.54, 1.807) is 0 Å². The Kier molecular flexibility index (Phi) is 5.53. The lowest BCUT2D eigenvalue weighted by atomic mass is 10.0. The molecule has 0 aromatic rings. The van der Waals surface area contributed by atoms with Crippen LogP contribution in [-0.4, -0.2) is 24.5 Å². The molecular weight excluding hydrogens is 198 g/mol. The Morgan fingerprint density at radius 2 is 2.25 bits per heavy atom. The van der Waals surface area contributed by atoms with Crippen LogP contribution < -0.4 is 11.1 Å². The summed E-state index contributed by atoms with van der Waals surface area (Å²) in [5.74, 6) is 1.63. The molecule has 0 aliphatic carbocycles. The number of hydrogen-bond acceptors (Lipinski definition) is 3. The van der Waals surface area contributed by atoms with Crippen LogP contribution in [0.1, 0.15) is 40.0 Å². The lowest BCUT2D eigenvalue weighted by Crippen LogP contribution is -2.42. The molecule has 0 radical (unpaired) electrons. The number of nitrogens with one attached hydrogen (secondary N) is 1. The summed E-state index contributed by atoms with van der Waals surface area (Å²) in [7, 11) is 0. The summed E-state index contributed by atoms with van der Waals surface area (Å²) in [6.45, 7) is 7.40. The molecule has 16 heavy (non-hydrogen) atoms. The van der Waals surface area contributed by atoms with Crippen molar-refractivity contribution >= 4 is 5.84 Å². The van der Waals surface area contributed by atoms with E-state index in [9.17, 15) is 0 Å². The van der Waals surface area contributed by atoms with E-state index >= 15 is 0 Å². The van der Waals surface area contributed by atoms with Crippen molar-refractivity contribution in [1.82, 2.24) is 5.32 Å². The van der Waals surface area contributed by atoms with Crippen LogP contribution in [0.15, 0.2) is 17.1 Å². The van der Waals surface area contributed by atoms with E-state index in [2.05, 4.69) is 43.2 Å². The summed E-state index contributed by atoms with van der Waals surface area (Å²) in [6.07, 6.45) is 7.59. The largest absolute Gasteiger partial charge is 0.368 e. The van der Waals surface area contributed by atoms with Gasteiger partial charge in [0.1, 0.15) is 5.84 Å². The van der Waals surface area contributed by atoms with Gasteiger partial charge in [0.05, 0.1) is 18.6 Å². The minimum absolute atomic E-state index is 0.0835. The van der Waals surface area contributed by atoms with Crippen LogP contribution in [0.5, 0.6) is 0 Å². The molecule has 0 saturated heterocycles. The number of nitrogens with two attached hydrogens (primary N) is 1. The van der Waals surface area contributed by atoms with Gasteiger partial charge in [-0.2, -0.15) is 0 Å². The Bertz CT molecular complexity index is 256. The molecular formula is C13H25N3. The second-order valence-corrected chi connectivity index (χ2v) is 4.92. The van der Waals surface area contributed by atoms with Gasteiger partial charge in [-0.05, 0) is 25.2 Å². The first-order valence-electron chi connectivity index (χ1n) is 6.35. The van der Waals surface area contributed by atoms with Crippen molar-refractivity contribution in [2.45, 2.75) is 52.1 Å². The number of allylic oxidation sites excluding steroid dienone is 1. The first-order valence-corrected chi connectivity index (χ1v) is 6.35. The van der Waals surface area contributed by atoms with Crippen LogP contribution in [0.25, 0.3) is 0 Å². The standard InChI is InChI=1S/C13H25N3/c1-4-5-6-7-11-9-15-13(16-11)12(14)8-10(2)3/h5-6,10-12H,4,7-9,14H2,1-3H3,(H,15,16)/b6-5-/t11-,12+/m0/s1. The van der Waals surface area contributed by atoms with Gasteiger partial charge in [-0.1, -0.05) is 32.9 Å². The molecule has 1 rings (SSSR count). The maximum Gasteiger partial charge on any atom is 0.114 e. The van der Waals surface area contributed by atoms with Gasteiger partial charge in [0.2, 0.25) is 0 Å². The molecule has 0 fully saturated rings. The normalized spacial score (nSPS) is 22.6. The van der Waals surface area contributed by atoms with Crippen molar-refractivity contribution in [2.75, 3.05) is 6.54 Å². The second-order valence-electron chi connectivity index (χ2n) is 4.92. The SMILES string of the molecule is CC/C=C\C[C@H]1CN=C([C@H](N)CC(C)C)N1. The molecule has 0 bridgehead atoms. The number of nitrogens with zero attached hydrogens (tertiary/aromatic N) is 1. The van der Waals surface area contributed by atoms with Crippen molar-refractivity contribution < 1.29 is 0 Å². The second kappa shape index (κ2) is 6.69. The molecule has 0 aromatic heterocycles. The van der Waals surface area contributed by atoms with Gasteiger partial charge in [0.15, 0.2) is 0 Å². The summed E-state index contributed by atoms with van der Waals surface area (Å²) in [5, 5.41) is 3.43. The van der Waals surface area contributed by atoms with E-state index in [1.165, 1.54) is 0 Å². The summed E-state index contributed by atoms with van der Waals surface area (Å²) in [6, 6.07) is 0.538. The highest BCUT2D eigenvalue weighted by Gasteiger charge is 2.21. The fraction of sp³-hybridized carbons (Fsp3) is 0.769. The lowest BCUT2D eigenvalue weighted by molar-refractivity contribution is 0.551. The minimum Gasteiger partial charge on any atom is -0.368 e. The minimum atomic E-state index is 0.0835. The van der Waals surface area contributed by atoms with Crippen molar-refractivity contribution in [3.8, 4) is 0 Å². The fourth-order valence-corrected chi connectivity index (χ4v) is 1.91. The molecule has 0 saturated carbocycles. The molecule has 92 valence electrons. The topological polar surface area (TPSA) is 50.4 Å². The van der Waals surface area contributed by atoms with Crippen molar-refractivity contribution in [1.29, 1.82) is 0 Å². The number of rotatable bonds is 6. The molecule has 1 heterocycles. The van der Waals surface area contributed by atoms with E-state index in [0.29, 0.717) is 12.0 Å². The van der Waals surface area contributed by atoms with Gasteiger partial charge in [0.25, 0.3) is 0 Å². The molecule has 0 aromatic carbocycles. The Hall–Kier alpha value is -0.830. The molecule has 0 unspecified atom stereocenters. The zero-order valence-electron chi connectivity index (χ0n) is 10.7. The van der Waals surface area contributed by atoms with Crippen LogP contribution >= 0.6 is 0 Å². The summed E-state index contributed by atoms with van der Waals surface area (Å²) >= 11 is 0. The van der Waals surface area contributed by atoms with Gasteiger partial charge < -0.3 is 11.1 Å². The monoisotopic (exact) mass is 223 g/mol. The van der Waals surface area contributed by atoms with Gasteiger partial charge in [0, 0.05) is 0 Å². The smallest absolute Gasteiger partial charge is 0.114 e. The summed E-state index contributed by atoms with van der Waals surface area (Å²) < 4.78 is 0. The highest BCUT2D eigenvalue weighted by molar-refractivity contribution is 5.88. The van der Waals surface area contributed by atoms with E-state index in [0.717, 1.165) is 31.6 Å². The lowest BCUT2D eigenvalue weighted by Gasteiger charge is -2.16. The summed E-state index contributed by atoms with van der Waals surface area (Å²) in [4.78, 5) is 4.50. The molecule has 3 N–H and O–H groups in total. The molecule has 3 heteroatoms.